The summed E-state index contributed by atoms with van der Waals surface area (Å²) in [5.41, 5.74) is 2.27. The zero-order valence-electron chi connectivity index (χ0n) is 13.3. The highest BCUT2D eigenvalue weighted by molar-refractivity contribution is 5.83. The Morgan fingerprint density at radius 3 is 2.29 bits per heavy atom. The van der Waals surface area contributed by atoms with Crippen LogP contribution in [0.4, 0.5) is 0 Å². The van der Waals surface area contributed by atoms with E-state index in [0.29, 0.717) is 12.5 Å². The van der Waals surface area contributed by atoms with Crippen molar-refractivity contribution in [3.05, 3.63) is 35.4 Å². The molecule has 0 heterocycles. The van der Waals surface area contributed by atoms with E-state index in [2.05, 4.69) is 36.0 Å². The SMILES string of the molecule is COC(=O)CCNC(=O)C(C)c1ccc(CC(C)C)cc1. The van der Waals surface area contributed by atoms with E-state index in [1.54, 1.807) is 0 Å². The summed E-state index contributed by atoms with van der Waals surface area (Å²) in [6.07, 6.45) is 1.24. The number of carbonyl (C=O) groups excluding carboxylic acids is 2. The third-order valence-electron chi connectivity index (χ3n) is 3.37. The van der Waals surface area contributed by atoms with Crippen molar-refractivity contribution < 1.29 is 14.3 Å². The van der Waals surface area contributed by atoms with Gasteiger partial charge in [0.1, 0.15) is 0 Å². The Balaban J connectivity index is 2.51. The number of amides is 1. The van der Waals surface area contributed by atoms with Crippen LogP contribution in [0.25, 0.3) is 0 Å². The van der Waals surface area contributed by atoms with E-state index in [9.17, 15) is 9.59 Å². The lowest BCUT2D eigenvalue weighted by atomic mass is 9.96. The van der Waals surface area contributed by atoms with E-state index in [4.69, 9.17) is 0 Å². The van der Waals surface area contributed by atoms with Gasteiger partial charge in [0.2, 0.25) is 5.91 Å². The molecule has 116 valence electrons. The summed E-state index contributed by atoms with van der Waals surface area (Å²) in [5, 5.41) is 2.75. The molecule has 1 unspecified atom stereocenters. The molecule has 0 aliphatic carbocycles. The van der Waals surface area contributed by atoms with Gasteiger partial charge in [-0.1, -0.05) is 38.1 Å². The van der Waals surface area contributed by atoms with Gasteiger partial charge in [-0.05, 0) is 30.4 Å². The topological polar surface area (TPSA) is 55.4 Å². The van der Waals surface area contributed by atoms with Crippen molar-refractivity contribution in [3.63, 3.8) is 0 Å². The second-order valence-electron chi connectivity index (χ2n) is 5.68. The largest absolute Gasteiger partial charge is 0.469 e. The molecule has 0 spiro atoms. The Morgan fingerprint density at radius 2 is 1.76 bits per heavy atom. The predicted octanol–water partition coefficient (Wildman–Crippen LogP) is 2.67. The van der Waals surface area contributed by atoms with Crippen molar-refractivity contribution in [2.24, 2.45) is 5.92 Å². The van der Waals surface area contributed by atoms with Gasteiger partial charge in [-0.15, -0.1) is 0 Å². The number of methoxy groups -OCH3 is 1. The van der Waals surface area contributed by atoms with Crippen molar-refractivity contribution in [2.75, 3.05) is 13.7 Å². The first-order valence-corrected chi connectivity index (χ1v) is 7.37. The van der Waals surface area contributed by atoms with E-state index in [1.165, 1.54) is 12.7 Å². The van der Waals surface area contributed by atoms with E-state index < -0.39 is 0 Å². The number of esters is 1. The van der Waals surface area contributed by atoms with Crippen LogP contribution in [0.15, 0.2) is 24.3 Å². The van der Waals surface area contributed by atoms with Crippen molar-refractivity contribution in [2.45, 2.75) is 39.5 Å². The Kier molecular flexibility index (Phi) is 6.92. The zero-order valence-corrected chi connectivity index (χ0v) is 13.3. The number of rotatable bonds is 7. The zero-order chi connectivity index (χ0) is 15.8. The van der Waals surface area contributed by atoms with E-state index in [0.717, 1.165) is 12.0 Å². The quantitative estimate of drug-likeness (QED) is 0.786. The summed E-state index contributed by atoms with van der Waals surface area (Å²) in [4.78, 5) is 23.0. The van der Waals surface area contributed by atoms with E-state index >= 15 is 0 Å². The van der Waals surface area contributed by atoms with Crippen LogP contribution >= 0.6 is 0 Å². The number of nitrogens with one attached hydrogen (secondary N) is 1. The molecule has 1 atom stereocenters. The second kappa shape index (κ2) is 8.45. The maximum absolute atomic E-state index is 12.0. The molecular formula is C17H25NO3. The highest BCUT2D eigenvalue weighted by Crippen LogP contribution is 2.17. The van der Waals surface area contributed by atoms with Crippen LogP contribution in [0.2, 0.25) is 0 Å². The Bertz CT molecular complexity index is 465. The van der Waals surface area contributed by atoms with Gasteiger partial charge in [0.25, 0.3) is 0 Å². The van der Waals surface area contributed by atoms with Crippen LogP contribution < -0.4 is 5.32 Å². The Hall–Kier alpha value is -1.84. The third-order valence-corrected chi connectivity index (χ3v) is 3.37. The molecule has 0 bridgehead atoms. The fraction of sp³-hybridized carbons (Fsp3) is 0.529. The van der Waals surface area contributed by atoms with Gasteiger partial charge in [0.15, 0.2) is 0 Å². The first kappa shape index (κ1) is 17.2. The molecule has 0 saturated heterocycles. The van der Waals surface area contributed by atoms with Crippen molar-refractivity contribution >= 4 is 11.9 Å². The third kappa shape index (κ3) is 5.98. The number of benzene rings is 1. The van der Waals surface area contributed by atoms with E-state index in [1.807, 2.05) is 19.1 Å². The molecule has 0 fully saturated rings. The lowest BCUT2D eigenvalue weighted by Crippen LogP contribution is -2.30. The van der Waals surface area contributed by atoms with Gasteiger partial charge in [-0.3, -0.25) is 9.59 Å². The van der Waals surface area contributed by atoms with Crippen LogP contribution in [-0.4, -0.2) is 25.5 Å². The lowest BCUT2D eigenvalue weighted by molar-refractivity contribution is -0.140. The standard InChI is InChI=1S/C17H25NO3/c1-12(2)11-14-5-7-15(8-6-14)13(3)17(20)18-10-9-16(19)21-4/h5-8,12-13H,9-11H2,1-4H3,(H,18,20). The van der Waals surface area contributed by atoms with Gasteiger partial charge >= 0.3 is 5.97 Å². The molecule has 0 aromatic heterocycles. The molecule has 21 heavy (non-hydrogen) atoms. The Labute approximate surface area is 126 Å². The van der Waals surface area contributed by atoms with Crippen molar-refractivity contribution in [3.8, 4) is 0 Å². The van der Waals surface area contributed by atoms with Gasteiger partial charge in [0, 0.05) is 6.54 Å². The Morgan fingerprint density at radius 1 is 1.14 bits per heavy atom. The fourth-order valence-electron chi connectivity index (χ4n) is 2.11. The fourth-order valence-corrected chi connectivity index (χ4v) is 2.11. The monoisotopic (exact) mass is 291 g/mol. The molecule has 1 N–H and O–H groups in total. The molecule has 1 aromatic rings. The smallest absolute Gasteiger partial charge is 0.307 e. The molecule has 1 rings (SSSR count). The minimum Gasteiger partial charge on any atom is -0.469 e. The summed E-state index contributed by atoms with van der Waals surface area (Å²) in [7, 11) is 1.34. The molecule has 1 aromatic carbocycles. The number of carbonyl (C=O) groups is 2. The lowest BCUT2D eigenvalue weighted by Gasteiger charge is -2.13. The highest BCUT2D eigenvalue weighted by atomic mass is 16.5. The van der Waals surface area contributed by atoms with Gasteiger partial charge in [-0.25, -0.2) is 0 Å². The molecule has 4 heteroatoms. The average Bonchev–Trinajstić information content (AvgIpc) is 2.46. The summed E-state index contributed by atoms with van der Waals surface area (Å²) < 4.78 is 4.53. The van der Waals surface area contributed by atoms with Crippen LogP contribution in [0, 0.1) is 5.92 Å². The minimum atomic E-state index is -0.319. The summed E-state index contributed by atoms with van der Waals surface area (Å²) in [6.45, 7) is 6.54. The minimum absolute atomic E-state index is 0.0736. The number of hydrogen-bond acceptors (Lipinski definition) is 3. The van der Waals surface area contributed by atoms with Crippen molar-refractivity contribution in [1.82, 2.24) is 5.32 Å². The van der Waals surface area contributed by atoms with Crippen LogP contribution in [0.1, 0.15) is 44.2 Å². The van der Waals surface area contributed by atoms with Gasteiger partial charge in [-0.2, -0.15) is 0 Å². The molecular weight excluding hydrogens is 266 g/mol. The molecule has 0 radical (unpaired) electrons. The van der Waals surface area contributed by atoms with Gasteiger partial charge < -0.3 is 10.1 Å². The second-order valence-corrected chi connectivity index (χ2v) is 5.68. The maximum atomic E-state index is 12.0. The normalized spacial score (nSPS) is 12.0. The van der Waals surface area contributed by atoms with Gasteiger partial charge in [0.05, 0.1) is 19.4 Å². The highest BCUT2D eigenvalue weighted by Gasteiger charge is 2.15. The first-order chi connectivity index (χ1) is 9.93. The summed E-state index contributed by atoms with van der Waals surface area (Å²) >= 11 is 0. The molecule has 0 aliphatic heterocycles. The van der Waals surface area contributed by atoms with Crippen LogP contribution in [0.3, 0.4) is 0 Å². The molecule has 0 aliphatic rings. The van der Waals surface area contributed by atoms with Crippen LogP contribution in [0.5, 0.6) is 0 Å². The summed E-state index contributed by atoms with van der Waals surface area (Å²) in [6, 6.07) is 8.16. The maximum Gasteiger partial charge on any atom is 0.307 e. The number of hydrogen-bond donors (Lipinski definition) is 1. The average molecular weight is 291 g/mol. The predicted molar refractivity (Wildman–Crippen MR) is 83.0 cm³/mol. The molecule has 0 saturated carbocycles. The van der Waals surface area contributed by atoms with Crippen molar-refractivity contribution in [1.29, 1.82) is 0 Å². The van der Waals surface area contributed by atoms with Crippen LogP contribution in [-0.2, 0) is 20.7 Å². The summed E-state index contributed by atoms with van der Waals surface area (Å²) in [5.74, 6) is 0.00199. The first-order valence-electron chi connectivity index (χ1n) is 7.37. The number of ether oxygens (including phenoxy) is 1. The molecule has 4 nitrogen and oxygen atoms in total. The molecule has 1 amide bonds. The van der Waals surface area contributed by atoms with E-state index in [-0.39, 0.29) is 24.2 Å².